The minimum absolute atomic E-state index is 0.432. The fraction of sp³-hybridized carbons (Fsp3) is 0.143. The Morgan fingerprint density at radius 2 is 1.13 bits per heavy atom. The summed E-state index contributed by atoms with van der Waals surface area (Å²) in [6.45, 7) is 8.32. The Bertz CT molecular complexity index is 2190. The summed E-state index contributed by atoms with van der Waals surface area (Å²) in [6, 6.07) is 51.0. The van der Waals surface area contributed by atoms with Crippen LogP contribution in [0, 0.1) is 0 Å². The van der Waals surface area contributed by atoms with Gasteiger partial charge in [0.05, 0.1) is 16.9 Å². The predicted molar refractivity (Wildman–Crippen MR) is 195 cm³/mol. The van der Waals surface area contributed by atoms with Crippen molar-refractivity contribution in [2.45, 2.75) is 38.9 Å². The third kappa shape index (κ3) is 5.13. The zero-order valence-corrected chi connectivity index (χ0v) is 27.1. The van der Waals surface area contributed by atoms with E-state index in [-0.39, 0.29) is 0 Å². The van der Waals surface area contributed by atoms with Crippen molar-refractivity contribution in [3.63, 3.8) is 0 Å². The van der Waals surface area contributed by atoms with Gasteiger partial charge in [0.2, 0.25) is 0 Å². The molecule has 1 fully saturated rings. The molecule has 1 aliphatic heterocycles. The lowest BCUT2D eigenvalue weighted by Crippen LogP contribution is -2.41. The molecule has 1 saturated heterocycles. The van der Waals surface area contributed by atoms with Gasteiger partial charge in [-0.1, -0.05) is 109 Å². The van der Waals surface area contributed by atoms with Crippen LogP contribution in [0.1, 0.15) is 27.7 Å². The molecule has 0 amide bonds. The topological polar surface area (TPSA) is 34.8 Å². The number of para-hydroxylation sites is 1. The Balaban J connectivity index is 1.35. The first-order valence-corrected chi connectivity index (χ1v) is 16.2. The second-order valence-electron chi connectivity index (χ2n) is 13.2. The zero-order valence-electron chi connectivity index (χ0n) is 27.1. The van der Waals surface area contributed by atoms with Crippen LogP contribution < -0.4 is 10.4 Å². The fourth-order valence-corrected chi connectivity index (χ4v) is 6.50. The predicted octanol–water partition coefficient (Wildman–Crippen LogP) is 10.7. The molecule has 1 aromatic heterocycles. The average molecular weight is 614 g/mol. The molecule has 230 valence electrons. The van der Waals surface area contributed by atoms with E-state index >= 15 is 0 Å². The van der Waals surface area contributed by atoms with Crippen molar-refractivity contribution in [2.75, 3.05) is 4.90 Å². The van der Waals surface area contributed by atoms with Crippen molar-refractivity contribution in [3.8, 4) is 22.3 Å². The van der Waals surface area contributed by atoms with Crippen molar-refractivity contribution in [3.05, 3.63) is 146 Å². The largest absolute Gasteiger partial charge is 0.494 e. The first-order chi connectivity index (χ1) is 22.8. The van der Waals surface area contributed by atoms with E-state index in [0.717, 1.165) is 61.2 Å². The number of benzene rings is 6. The highest BCUT2D eigenvalue weighted by molar-refractivity contribution is 6.62. The Labute approximate surface area is 276 Å². The van der Waals surface area contributed by atoms with Gasteiger partial charge in [0.1, 0.15) is 5.58 Å². The summed E-state index contributed by atoms with van der Waals surface area (Å²) < 4.78 is 19.8. The monoisotopic (exact) mass is 613 g/mol. The highest BCUT2D eigenvalue weighted by Crippen LogP contribution is 2.46. The van der Waals surface area contributed by atoms with Crippen molar-refractivity contribution in [1.82, 2.24) is 0 Å². The molecule has 0 atom stereocenters. The maximum Gasteiger partial charge on any atom is 0.494 e. The van der Waals surface area contributed by atoms with Gasteiger partial charge in [0.25, 0.3) is 0 Å². The van der Waals surface area contributed by atoms with Crippen LogP contribution in [0.2, 0.25) is 0 Å². The molecule has 0 N–H and O–H groups in total. The summed E-state index contributed by atoms with van der Waals surface area (Å²) in [5.41, 5.74) is 9.33. The maximum absolute atomic E-state index is 6.94. The second kappa shape index (κ2) is 11.3. The van der Waals surface area contributed by atoms with Crippen LogP contribution in [0.5, 0.6) is 0 Å². The number of rotatable bonds is 6. The molecule has 2 heterocycles. The summed E-state index contributed by atoms with van der Waals surface area (Å²) >= 11 is 0. The van der Waals surface area contributed by atoms with E-state index in [1.54, 1.807) is 0 Å². The van der Waals surface area contributed by atoms with Gasteiger partial charge >= 0.3 is 7.12 Å². The van der Waals surface area contributed by atoms with Gasteiger partial charge in [-0.15, -0.1) is 0 Å². The zero-order chi connectivity index (χ0) is 32.2. The molecule has 6 aromatic carbocycles. The molecule has 47 heavy (non-hydrogen) atoms. The van der Waals surface area contributed by atoms with E-state index in [1.165, 1.54) is 5.56 Å². The molecule has 0 aliphatic carbocycles. The lowest BCUT2D eigenvalue weighted by molar-refractivity contribution is 0.00578. The quantitative estimate of drug-likeness (QED) is 0.175. The third-order valence-electron chi connectivity index (χ3n) is 9.70. The summed E-state index contributed by atoms with van der Waals surface area (Å²) in [5, 5.41) is 2.12. The van der Waals surface area contributed by atoms with Crippen LogP contribution in [-0.2, 0) is 9.31 Å². The average Bonchev–Trinajstić information content (AvgIpc) is 3.59. The molecular weight excluding hydrogens is 577 g/mol. The highest BCUT2D eigenvalue weighted by atomic mass is 16.7. The third-order valence-corrected chi connectivity index (χ3v) is 9.70. The van der Waals surface area contributed by atoms with E-state index < -0.39 is 18.3 Å². The van der Waals surface area contributed by atoms with Gasteiger partial charge in [-0.25, -0.2) is 0 Å². The van der Waals surface area contributed by atoms with Gasteiger partial charge in [-0.2, -0.15) is 0 Å². The number of hydrogen-bond donors (Lipinski definition) is 0. The van der Waals surface area contributed by atoms with Gasteiger partial charge < -0.3 is 18.6 Å². The van der Waals surface area contributed by atoms with Crippen molar-refractivity contribution in [1.29, 1.82) is 0 Å². The Kier molecular flexibility index (Phi) is 7.05. The van der Waals surface area contributed by atoms with E-state index in [9.17, 15) is 0 Å². The number of fused-ring (bicyclic) bond motifs is 3. The molecule has 0 saturated carbocycles. The molecule has 0 bridgehead atoms. The van der Waals surface area contributed by atoms with Crippen LogP contribution in [0.15, 0.2) is 150 Å². The molecule has 0 spiro atoms. The second-order valence-corrected chi connectivity index (χ2v) is 13.2. The van der Waals surface area contributed by atoms with E-state index in [1.807, 2.05) is 6.07 Å². The van der Waals surface area contributed by atoms with Crippen LogP contribution in [0.25, 0.3) is 44.2 Å². The van der Waals surface area contributed by atoms with E-state index in [4.69, 9.17) is 13.7 Å². The Hall–Kier alpha value is -5.10. The Morgan fingerprint density at radius 3 is 1.81 bits per heavy atom. The number of anilines is 3. The maximum atomic E-state index is 6.94. The summed E-state index contributed by atoms with van der Waals surface area (Å²) in [6.07, 6.45) is 0. The summed E-state index contributed by atoms with van der Waals surface area (Å²) in [7, 11) is -0.479. The van der Waals surface area contributed by atoms with Crippen LogP contribution in [-0.4, -0.2) is 18.3 Å². The van der Waals surface area contributed by atoms with Crippen LogP contribution in [0.3, 0.4) is 0 Å². The molecular formula is C42H36BNO3. The van der Waals surface area contributed by atoms with Gasteiger partial charge in [-0.05, 0) is 91.8 Å². The molecule has 7 aromatic rings. The Morgan fingerprint density at radius 1 is 0.532 bits per heavy atom. The van der Waals surface area contributed by atoms with Crippen LogP contribution >= 0.6 is 0 Å². The normalized spacial score (nSPS) is 15.4. The highest BCUT2D eigenvalue weighted by Gasteiger charge is 2.51. The molecule has 5 heteroatoms. The minimum atomic E-state index is -0.479. The smallest absolute Gasteiger partial charge is 0.454 e. The fourth-order valence-electron chi connectivity index (χ4n) is 6.50. The molecule has 8 rings (SSSR count). The van der Waals surface area contributed by atoms with Crippen molar-refractivity contribution < 1.29 is 13.7 Å². The number of furan rings is 1. The van der Waals surface area contributed by atoms with E-state index in [2.05, 4.69) is 172 Å². The molecule has 4 nitrogen and oxygen atoms in total. The number of nitrogens with zero attached hydrogens (tertiary/aromatic N) is 1. The van der Waals surface area contributed by atoms with Gasteiger partial charge in [-0.3, -0.25) is 0 Å². The minimum Gasteiger partial charge on any atom is -0.454 e. The van der Waals surface area contributed by atoms with Crippen LogP contribution in [0.4, 0.5) is 17.1 Å². The summed E-state index contributed by atoms with van der Waals surface area (Å²) in [4.78, 5) is 2.29. The van der Waals surface area contributed by atoms with Gasteiger partial charge in [0, 0.05) is 22.1 Å². The standard InChI is InChI=1S/C42H36BNO3/c1-41(2)42(3,4)47-43(46-41)32-23-24-36-38(28-32)45-40-37(26-25-35(39(36)40)30-17-10-6-11-18-30)44(33-20-12-7-13-21-33)34-22-14-19-31(27-34)29-15-8-5-9-16-29/h5-28H,1-4H3. The van der Waals surface area contributed by atoms with Crippen molar-refractivity contribution in [2.24, 2.45) is 0 Å². The SMILES string of the molecule is CC1(C)OB(c2ccc3c(c2)oc2c(N(c4ccccc4)c4cccc(-c5ccccc5)c4)ccc(-c4ccccc4)c23)OC1(C)C. The lowest BCUT2D eigenvalue weighted by Gasteiger charge is -2.32. The first-order valence-electron chi connectivity index (χ1n) is 16.2. The first kappa shape index (κ1) is 29.3. The van der Waals surface area contributed by atoms with E-state index in [0.29, 0.717) is 0 Å². The summed E-state index contributed by atoms with van der Waals surface area (Å²) in [5.74, 6) is 0. The van der Waals surface area contributed by atoms with Crippen molar-refractivity contribution >= 4 is 51.6 Å². The molecule has 0 radical (unpaired) electrons. The number of hydrogen-bond acceptors (Lipinski definition) is 4. The van der Waals surface area contributed by atoms with Gasteiger partial charge in [0.15, 0.2) is 5.58 Å². The molecule has 0 unspecified atom stereocenters. The lowest BCUT2D eigenvalue weighted by atomic mass is 9.79. The molecule has 1 aliphatic rings.